The van der Waals surface area contributed by atoms with Crippen LogP contribution in [0.2, 0.25) is 0 Å². The first-order valence-electron chi connectivity index (χ1n) is 12.8. The van der Waals surface area contributed by atoms with Gasteiger partial charge in [0.2, 0.25) is 5.43 Å². The lowest BCUT2D eigenvalue weighted by molar-refractivity contribution is 0.0302. The highest BCUT2D eigenvalue weighted by Gasteiger charge is 2.31. The van der Waals surface area contributed by atoms with Gasteiger partial charge in [-0.25, -0.2) is 9.37 Å². The summed E-state index contributed by atoms with van der Waals surface area (Å²) < 4.78 is 29.2. The lowest BCUT2D eigenvalue weighted by Crippen LogP contribution is -2.42. The molecule has 1 fully saturated rings. The quantitative estimate of drug-likeness (QED) is 0.349. The zero-order chi connectivity index (χ0) is 26.5. The maximum Gasteiger partial charge on any atom is 0.259 e. The molecule has 9 nitrogen and oxygen atoms in total. The molecule has 0 bridgehead atoms. The van der Waals surface area contributed by atoms with E-state index in [4.69, 9.17) is 9.47 Å². The molecule has 1 amide bonds. The fraction of sp³-hybridized carbons (Fsp3) is 0.207. The fourth-order valence-corrected chi connectivity index (χ4v) is 5.37. The second kappa shape index (κ2) is 9.25. The van der Waals surface area contributed by atoms with E-state index in [1.165, 1.54) is 6.07 Å². The molecule has 2 N–H and O–H groups in total. The molecule has 39 heavy (non-hydrogen) atoms. The summed E-state index contributed by atoms with van der Waals surface area (Å²) in [5.41, 5.74) is 1.53. The molecule has 2 aliphatic rings. The Morgan fingerprint density at radius 2 is 1.97 bits per heavy atom. The number of aromatic nitrogens is 3. The minimum Gasteiger partial charge on any atom is -0.451 e. The van der Waals surface area contributed by atoms with Crippen LogP contribution in [0, 0.1) is 5.82 Å². The van der Waals surface area contributed by atoms with Crippen molar-refractivity contribution >= 4 is 33.3 Å². The summed E-state index contributed by atoms with van der Waals surface area (Å²) in [5, 5.41) is 5.07. The maximum absolute atomic E-state index is 15.7. The molecule has 1 saturated heterocycles. The number of nitrogens with zero attached hydrogens (tertiary/aromatic N) is 3. The van der Waals surface area contributed by atoms with Crippen LogP contribution >= 0.6 is 0 Å². The molecule has 0 aliphatic carbocycles. The van der Waals surface area contributed by atoms with Gasteiger partial charge in [-0.05, 0) is 17.5 Å². The maximum atomic E-state index is 15.7. The van der Waals surface area contributed by atoms with Crippen molar-refractivity contribution in [1.29, 1.82) is 0 Å². The van der Waals surface area contributed by atoms with Crippen LogP contribution < -0.4 is 15.5 Å². The first kappa shape index (κ1) is 23.4. The highest BCUT2D eigenvalue weighted by atomic mass is 19.1. The Kier molecular flexibility index (Phi) is 5.55. The molecule has 196 valence electrons. The van der Waals surface area contributed by atoms with Gasteiger partial charge in [0.25, 0.3) is 5.91 Å². The van der Waals surface area contributed by atoms with Crippen molar-refractivity contribution in [3.05, 3.63) is 88.5 Å². The molecule has 2 aromatic heterocycles. The minimum atomic E-state index is -0.636. The predicted molar refractivity (Wildman–Crippen MR) is 145 cm³/mol. The number of morpholine rings is 1. The van der Waals surface area contributed by atoms with Crippen LogP contribution in [0.25, 0.3) is 27.4 Å². The second-order valence-corrected chi connectivity index (χ2v) is 9.58. The van der Waals surface area contributed by atoms with E-state index >= 15 is 4.39 Å². The number of imidazole rings is 1. The van der Waals surface area contributed by atoms with E-state index in [9.17, 15) is 9.59 Å². The first-order chi connectivity index (χ1) is 19.1. The van der Waals surface area contributed by atoms with Crippen LogP contribution in [0.5, 0.6) is 11.5 Å². The number of aromatic amines is 1. The number of hydrogen-bond donors (Lipinski definition) is 2. The van der Waals surface area contributed by atoms with Crippen molar-refractivity contribution in [1.82, 2.24) is 19.4 Å². The van der Waals surface area contributed by atoms with Crippen molar-refractivity contribution in [2.45, 2.75) is 6.42 Å². The molecule has 7 rings (SSSR count). The summed E-state index contributed by atoms with van der Waals surface area (Å²) in [6.45, 7) is 1.97. The van der Waals surface area contributed by atoms with Crippen LogP contribution in [0.1, 0.15) is 16.1 Å². The lowest BCUT2D eigenvalue weighted by Gasteiger charge is -2.29. The van der Waals surface area contributed by atoms with Gasteiger partial charge in [0, 0.05) is 43.8 Å². The van der Waals surface area contributed by atoms with Gasteiger partial charge in [-0.1, -0.05) is 30.3 Å². The largest absolute Gasteiger partial charge is 0.451 e. The number of pyridine rings is 1. The number of hydrogen-bond acceptors (Lipinski definition) is 6. The third-order valence-corrected chi connectivity index (χ3v) is 7.28. The predicted octanol–water partition coefficient (Wildman–Crippen LogP) is 4.24. The number of nitrogens with one attached hydrogen (secondary N) is 2. The van der Waals surface area contributed by atoms with Gasteiger partial charge < -0.3 is 29.2 Å². The minimum absolute atomic E-state index is 0.0187. The average molecular weight is 526 g/mol. The van der Waals surface area contributed by atoms with Crippen LogP contribution in [0.4, 0.5) is 10.1 Å². The Balaban J connectivity index is 1.45. The van der Waals surface area contributed by atoms with Crippen LogP contribution in [-0.4, -0.2) is 58.2 Å². The van der Waals surface area contributed by atoms with Crippen molar-refractivity contribution in [3.63, 3.8) is 0 Å². The molecule has 3 aromatic carbocycles. The third-order valence-electron chi connectivity index (χ3n) is 7.28. The van der Waals surface area contributed by atoms with Crippen molar-refractivity contribution in [2.75, 3.05) is 38.2 Å². The van der Waals surface area contributed by atoms with Crippen LogP contribution in [0.3, 0.4) is 0 Å². The van der Waals surface area contributed by atoms with Crippen molar-refractivity contribution < 1.29 is 18.7 Å². The van der Waals surface area contributed by atoms with E-state index in [-0.39, 0.29) is 22.4 Å². The summed E-state index contributed by atoms with van der Waals surface area (Å²) in [6, 6.07) is 12.8. The summed E-state index contributed by atoms with van der Waals surface area (Å²) in [5.74, 6) is -0.331. The van der Waals surface area contributed by atoms with Crippen LogP contribution in [-0.2, 0) is 11.2 Å². The second-order valence-electron chi connectivity index (χ2n) is 9.58. The highest BCUT2D eigenvalue weighted by Crippen LogP contribution is 2.47. The fourth-order valence-electron chi connectivity index (χ4n) is 5.37. The molecular formula is C29H24FN5O4. The number of H-pyrrole nitrogens is 1. The lowest BCUT2D eigenvalue weighted by atomic mass is 10.0. The van der Waals surface area contributed by atoms with Gasteiger partial charge in [0.05, 0.1) is 36.3 Å². The van der Waals surface area contributed by atoms with E-state index in [0.29, 0.717) is 56.2 Å². The molecule has 4 heterocycles. The van der Waals surface area contributed by atoms with E-state index in [0.717, 1.165) is 16.5 Å². The highest BCUT2D eigenvalue weighted by molar-refractivity contribution is 6.04. The standard InChI is InChI=1S/C29H24FN5O4/c30-22-13-20-26-28(24(22)32-8-7-18-14-31-16-33-18)39-23-6-5-17-3-1-2-4-19(17)25(23)35(26)15-21(27(20)36)29(37)34-9-11-38-12-10-34/h1-6,13-16,32H,7-12H2,(H,31,33). The molecule has 5 aromatic rings. The summed E-state index contributed by atoms with van der Waals surface area (Å²) in [6.07, 6.45) is 5.51. The normalized spacial score (nSPS) is 14.3. The van der Waals surface area contributed by atoms with E-state index in [2.05, 4.69) is 15.3 Å². The molecule has 0 radical (unpaired) electrons. The number of amides is 1. The average Bonchev–Trinajstić information content (AvgIpc) is 3.49. The van der Waals surface area contributed by atoms with E-state index in [1.807, 2.05) is 36.4 Å². The van der Waals surface area contributed by atoms with E-state index in [1.54, 1.807) is 28.2 Å². The molecular weight excluding hydrogens is 501 g/mol. The molecule has 0 atom stereocenters. The Labute approximate surface area is 221 Å². The summed E-state index contributed by atoms with van der Waals surface area (Å²) in [4.78, 5) is 36.0. The number of carbonyl (C=O) groups excluding carboxylic acids is 1. The molecule has 0 saturated carbocycles. The molecule has 0 unspecified atom stereocenters. The number of fused-ring (bicyclic) bond motifs is 4. The van der Waals surface area contributed by atoms with Crippen molar-refractivity contribution in [2.24, 2.45) is 0 Å². The van der Waals surface area contributed by atoms with Gasteiger partial charge in [-0.2, -0.15) is 0 Å². The number of ether oxygens (including phenoxy) is 2. The topological polar surface area (TPSA) is 101 Å². The number of anilines is 1. The molecule has 10 heteroatoms. The SMILES string of the molecule is O=C(c1cn2c3c(c(NCCc4c[nH]cn4)c(F)cc3c1=O)Oc1ccc3ccccc3c1-2)N1CCOCC1. The Morgan fingerprint density at radius 3 is 2.79 bits per heavy atom. The smallest absolute Gasteiger partial charge is 0.259 e. The van der Waals surface area contributed by atoms with Gasteiger partial charge in [-0.15, -0.1) is 0 Å². The summed E-state index contributed by atoms with van der Waals surface area (Å²) in [7, 11) is 0. The number of rotatable bonds is 5. The van der Waals surface area contributed by atoms with Gasteiger partial charge in [0.15, 0.2) is 17.3 Å². The number of benzene rings is 3. The van der Waals surface area contributed by atoms with Gasteiger partial charge >= 0.3 is 0 Å². The Bertz CT molecular complexity index is 1810. The zero-order valence-electron chi connectivity index (χ0n) is 20.9. The monoisotopic (exact) mass is 525 g/mol. The third kappa shape index (κ3) is 3.83. The number of carbonyl (C=O) groups is 1. The Morgan fingerprint density at radius 1 is 1.13 bits per heavy atom. The molecule has 2 aliphatic heterocycles. The number of halogens is 1. The first-order valence-corrected chi connectivity index (χ1v) is 12.8. The summed E-state index contributed by atoms with van der Waals surface area (Å²) >= 11 is 0. The van der Waals surface area contributed by atoms with Gasteiger partial charge in [-0.3, -0.25) is 9.59 Å². The Hall–Kier alpha value is -4.70. The molecule has 0 spiro atoms. The zero-order valence-corrected chi connectivity index (χ0v) is 20.9. The van der Waals surface area contributed by atoms with Crippen molar-refractivity contribution in [3.8, 4) is 17.2 Å². The van der Waals surface area contributed by atoms with E-state index < -0.39 is 17.2 Å². The van der Waals surface area contributed by atoms with Crippen LogP contribution in [0.15, 0.2) is 66.0 Å². The van der Waals surface area contributed by atoms with Gasteiger partial charge in [0.1, 0.15) is 16.8 Å².